The monoisotopic (exact) mass is 655 g/mol. The number of hydrogen-bond donors (Lipinski definition) is 2. The first-order valence-electron chi connectivity index (χ1n) is 14.4. The first-order valence-corrected chi connectivity index (χ1v) is 16.2. The molecule has 7 nitrogen and oxygen atoms in total. The lowest BCUT2D eigenvalue weighted by Gasteiger charge is -2.29. The normalized spacial score (nSPS) is 14.1. The van der Waals surface area contributed by atoms with E-state index < -0.39 is 6.04 Å². The van der Waals surface area contributed by atoms with Gasteiger partial charge in [-0.05, 0) is 73.4 Å². The lowest BCUT2D eigenvalue weighted by atomic mass is 9.94. The second kappa shape index (κ2) is 13.4. The smallest absolute Gasteiger partial charge is 0.255 e. The molecular weight excluding hydrogens is 625 g/mol. The van der Waals surface area contributed by atoms with Gasteiger partial charge in [-0.15, -0.1) is 5.10 Å². The second-order valence-electron chi connectivity index (χ2n) is 10.8. The molecule has 6 rings (SSSR count). The minimum absolute atomic E-state index is 0.229. The van der Waals surface area contributed by atoms with Gasteiger partial charge < -0.3 is 15.4 Å². The average molecular weight is 657 g/mol. The summed E-state index contributed by atoms with van der Waals surface area (Å²) in [5.74, 6) is 1.57. The van der Waals surface area contributed by atoms with Crippen LogP contribution in [0.5, 0.6) is 5.75 Å². The number of nitrogens with zero attached hydrogens (tertiary/aromatic N) is 3. The Morgan fingerprint density at radius 2 is 1.64 bits per heavy atom. The van der Waals surface area contributed by atoms with Crippen LogP contribution in [-0.2, 0) is 17.2 Å². The first kappa shape index (κ1) is 30.8. The number of amides is 1. The third kappa shape index (κ3) is 6.73. The fraction of sp³-hybridized carbons (Fsp3) is 0.171. The van der Waals surface area contributed by atoms with Crippen molar-refractivity contribution < 1.29 is 9.53 Å². The summed E-state index contributed by atoms with van der Waals surface area (Å²) in [6, 6.07) is 28.3. The molecule has 0 saturated heterocycles. The highest BCUT2D eigenvalue weighted by atomic mass is 35.5. The summed E-state index contributed by atoms with van der Waals surface area (Å²) < 4.78 is 7.94. The van der Waals surface area contributed by atoms with Crippen molar-refractivity contribution in [1.82, 2.24) is 14.8 Å². The van der Waals surface area contributed by atoms with E-state index in [2.05, 4.69) is 10.6 Å². The van der Waals surface area contributed by atoms with Gasteiger partial charge in [-0.25, -0.2) is 4.68 Å². The summed E-state index contributed by atoms with van der Waals surface area (Å²) in [4.78, 5) is 18.9. The Morgan fingerprint density at radius 3 is 2.40 bits per heavy atom. The van der Waals surface area contributed by atoms with Crippen molar-refractivity contribution in [2.75, 3.05) is 10.6 Å². The first-order chi connectivity index (χ1) is 21.8. The largest absolute Gasteiger partial charge is 0.489 e. The van der Waals surface area contributed by atoms with Crippen molar-refractivity contribution in [3.05, 3.63) is 140 Å². The number of halogens is 2. The maximum Gasteiger partial charge on any atom is 0.255 e. The van der Waals surface area contributed by atoms with E-state index in [1.54, 1.807) is 4.68 Å². The summed E-state index contributed by atoms with van der Waals surface area (Å²) in [7, 11) is 0. The van der Waals surface area contributed by atoms with Crippen molar-refractivity contribution >= 4 is 52.5 Å². The van der Waals surface area contributed by atoms with Gasteiger partial charge in [0.25, 0.3) is 5.91 Å². The number of rotatable bonds is 9. The summed E-state index contributed by atoms with van der Waals surface area (Å²) >= 11 is 14.3. The van der Waals surface area contributed by atoms with Crippen LogP contribution in [0.25, 0.3) is 0 Å². The Bertz CT molecular complexity index is 1920. The lowest BCUT2D eigenvalue weighted by Crippen LogP contribution is -2.31. The SMILES string of the molecule is CC1=C(C(=O)Nc2cccc(C)c2C)C(c2cccc(OCc3ccccc3Cl)c2)n2nc(SCc3ccccc3Cl)nc2N1. The van der Waals surface area contributed by atoms with Gasteiger partial charge in [-0.3, -0.25) is 4.79 Å². The fourth-order valence-electron chi connectivity index (χ4n) is 5.18. The highest BCUT2D eigenvalue weighted by molar-refractivity contribution is 7.98. The molecule has 1 aliphatic rings. The molecule has 0 fully saturated rings. The number of thioether (sulfide) groups is 1. The Balaban J connectivity index is 1.35. The van der Waals surface area contributed by atoms with Crippen LogP contribution >= 0.6 is 35.0 Å². The maximum absolute atomic E-state index is 14.1. The molecule has 10 heteroatoms. The van der Waals surface area contributed by atoms with Crippen molar-refractivity contribution in [2.24, 2.45) is 0 Å². The van der Waals surface area contributed by atoms with Crippen LogP contribution < -0.4 is 15.4 Å². The zero-order chi connectivity index (χ0) is 31.5. The summed E-state index contributed by atoms with van der Waals surface area (Å²) in [6.07, 6.45) is 0. The van der Waals surface area contributed by atoms with E-state index in [9.17, 15) is 4.79 Å². The number of carbonyl (C=O) groups excluding carboxylic acids is 1. The summed E-state index contributed by atoms with van der Waals surface area (Å²) in [5, 5.41) is 13.3. The Hall–Kier alpha value is -4.24. The van der Waals surface area contributed by atoms with Gasteiger partial charge in [0.2, 0.25) is 11.1 Å². The van der Waals surface area contributed by atoms with Crippen LogP contribution in [-0.4, -0.2) is 20.7 Å². The van der Waals surface area contributed by atoms with E-state index in [4.69, 9.17) is 38.0 Å². The summed E-state index contributed by atoms with van der Waals surface area (Å²) in [5.41, 5.74) is 6.79. The number of hydrogen-bond acceptors (Lipinski definition) is 6. The van der Waals surface area contributed by atoms with Gasteiger partial charge in [0.1, 0.15) is 18.4 Å². The molecule has 1 aromatic heterocycles. The molecule has 1 unspecified atom stereocenters. The number of aryl methyl sites for hydroxylation is 1. The Morgan fingerprint density at radius 1 is 0.933 bits per heavy atom. The van der Waals surface area contributed by atoms with E-state index in [0.29, 0.717) is 50.5 Å². The Kier molecular flexibility index (Phi) is 9.16. The molecule has 228 valence electrons. The highest BCUT2D eigenvalue weighted by Crippen LogP contribution is 2.38. The number of anilines is 2. The molecule has 2 N–H and O–H groups in total. The van der Waals surface area contributed by atoms with Crippen LogP contribution in [0.15, 0.2) is 107 Å². The molecule has 0 radical (unpaired) electrons. The van der Waals surface area contributed by atoms with Crippen molar-refractivity contribution in [2.45, 2.75) is 44.3 Å². The lowest BCUT2D eigenvalue weighted by molar-refractivity contribution is -0.113. The van der Waals surface area contributed by atoms with Crippen LogP contribution in [0.4, 0.5) is 11.6 Å². The minimum atomic E-state index is -0.572. The molecule has 1 amide bonds. The van der Waals surface area contributed by atoms with Crippen molar-refractivity contribution in [3.8, 4) is 5.75 Å². The molecule has 4 aromatic carbocycles. The number of ether oxygens (including phenoxy) is 1. The third-order valence-electron chi connectivity index (χ3n) is 7.77. The molecular formula is C35H31Cl2N5O2S. The number of fused-ring (bicyclic) bond motifs is 1. The van der Waals surface area contributed by atoms with E-state index in [1.165, 1.54) is 11.8 Å². The van der Waals surface area contributed by atoms with Gasteiger partial charge >= 0.3 is 0 Å². The minimum Gasteiger partial charge on any atom is -0.489 e. The van der Waals surface area contributed by atoms with Crippen LogP contribution in [0, 0.1) is 13.8 Å². The molecule has 1 aliphatic heterocycles. The topological polar surface area (TPSA) is 81.1 Å². The van der Waals surface area contributed by atoms with E-state index in [1.807, 2.05) is 112 Å². The fourth-order valence-corrected chi connectivity index (χ4v) is 6.48. The van der Waals surface area contributed by atoms with Crippen LogP contribution in [0.2, 0.25) is 10.0 Å². The van der Waals surface area contributed by atoms with Gasteiger partial charge in [0.15, 0.2) is 0 Å². The van der Waals surface area contributed by atoms with Gasteiger partial charge in [0.05, 0.1) is 5.57 Å². The molecule has 45 heavy (non-hydrogen) atoms. The molecule has 0 aliphatic carbocycles. The number of carbonyl (C=O) groups is 1. The predicted molar refractivity (Wildman–Crippen MR) is 182 cm³/mol. The number of nitrogens with one attached hydrogen (secondary N) is 2. The van der Waals surface area contributed by atoms with E-state index in [-0.39, 0.29) is 5.91 Å². The Labute approximate surface area is 276 Å². The third-order valence-corrected chi connectivity index (χ3v) is 9.40. The molecule has 2 heterocycles. The number of benzene rings is 4. The summed E-state index contributed by atoms with van der Waals surface area (Å²) in [6.45, 7) is 6.22. The van der Waals surface area contributed by atoms with Crippen molar-refractivity contribution in [3.63, 3.8) is 0 Å². The maximum atomic E-state index is 14.1. The second-order valence-corrected chi connectivity index (χ2v) is 12.5. The quantitative estimate of drug-likeness (QED) is 0.154. The molecule has 0 saturated carbocycles. The van der Waals surface area contributed by atoms with Gasteiger partial charge in [-0.1, -0.05) is 95.6 Å². The standard InChI is InChI=1S/C35H31Cl2N5O2S/c1-21-10-8-17-30(22(21)2)39-33(43)31-23(3)38-34-40-35(45-20-26-12-5-7-16-29(26)37)41-42(34)32(31)24-13-9-14-27(18-24)44-19-25-11-4-6-15-28(25)36/h4-18,32H,19-20H2,1-3H3,(H,39,43)(H,38,40,41). The molecule has 0 bridgehead atoms. The van der Waals surface area contributed by atoms with E-state index >= 15 is 0 Å². The van der Waals surface area contributed by atoms with Gasteiger partial charge in [-0.2, -0.15) is 4.98 Å². The van der Waals surface area contributed by atoms with E-state index in [0.717, 1.165) is 33.5 Å². The highest BCUT2D eigenvalue weighted by Gasteiger charge is 2.35. The molecule has 1 atom stereocenters. The molecule has 0 spiro atoms. The van der Waals surface area contributed by atoms with Gasteiger partial charge in [0, 0.05) is 32.7 Å². The average Bonchev–Trinajstić information content (AvgIpc) is 3.44. The number of allylic oxidation sites excluding steroid dienone is 1. The van der Waals surface area contributed by atoms with Crippen molar-refractivity contribution in [1.29, 1.82) is 0 Å². The predicted octanol–water partition coefficient (Wildman–Crippen LogP) is 9.00. The van der Waals surface area contributed by atoms with Crippen LogP contribution in [0.3, 0.4) is 0 Å². The zero-order valence-electron chi connectivity index (χ0n) is 25.0. The van der Waals surface area contributed by atoms with Crippen LogP contribution in [0.1, 0.15) is 40.8 Å². The zero-order valence-corrected chi connectivity index (χ0v) is 27.3. The number of aromatic nitrogens is 3. The molecule has 5 aromatic rings.